The molecule has 76 valence electrons. The molecule has 0 spiro atoms. The fraction of sp³-hybridized carbons (Fsp3) is 0.333. The molecule has 0 aliphatic heterocycles. The van der Waals surface area contributed by atoms with E-state index in [1.54, 1.807) is 12.1 Å². The van der Waals surface area contributed by atoms with Gasteiger partial charge in [-0.15, -0.1) is 0 Å². The standard InChI is InChI=1S/C12H17NO/c1-10(2)13-9-3-4-11-5-7-12(14)8-6-11/h5-8,13-14H,1,3-4,9H2,2H3. The fourth-order valence-electron chi connectivity index (χ4n) is 1.26. The molecule has 0 bridgehead atoms. The zero-order valence-electron chi connectivity index (χ0n) is 8.59. The summed E-state index contributed by atoms with van der Waals surface area (Å²) >= 11 is 0. The minimum atomic E-state index is 0.328. The third kappa shape index (κ3) is 3.99. The van der Waals surface area contributed by atoms with Crippen molar-refractivity contribution >= 4 is 0 Å². The monoisotopic (exact) mass is 191 g/mol. The number of benzene rings is 1. The van der Waals surface area contributed by atoms with Crippen LogP contribution < -0.4 is 5.32 Å². The second kappa shape index (κ2) is 5.32. The summed E-state index contributed by atoms with van der Waals surface area (Å²) in [6.07, 6.45) is 2.11. The van der Waals surface area contributed by atoms with E-state index in [-0.39, 0.29) is 0 Å². The van der Waals surface area contributed by atoms with Crippen LogP contribution in [0, 0.1) is 0 Å². The van der Waals surface area contributed by atoms with Crippen LogP contribution in [0.25, 0.3) is 0 Å². The summed E-state index contributed by atoms with van der Waals surface area (Å²) in [4.78, 5) is 0. The lowest BCUT2D eigenvalue weighted by Crippen LogP contribution is -2.12. The maximum Gasteiger partial charge on any atom is 0.115 e. The molecule has 14 heavy (non-hydrogen) atoms. The molecule has 2 nitrogen and oxygen atoms in total. The van der Waals surface area contributed by atoms with Gasteiger partial charge in [0, 0.05) is 12.2 Å². The number of rotatable bonds is 5. The lowest BCUT2D eigenvalue weighted by molar-refractivity contribution is 0.475. The van der Waals surface area contributed by atoms with Crippen LogP contribution in [0.3, 0.4) is 0 Å². The van der Waals surface area contributed by atoms with Crippen LogP contribution in [0.1, 0.15) is 18.9 Å². The number of allylic oxidation sites excluding steroid dienone is 1. The predicted molar refractivity (Wildman–Crippen MR) is 59.2 cm³/mol. The summed E-state index contributed by atoms with van der Waals surface area (Å²) in [6, 6.07) is 7.36. The Kier molecular flexibility index (Phi) is 4.05. The Balaban J connectivity index is 2.25. The van der Waals surface area contributed by atoms with Crippen molar-refractivity contribution in [1.29, 1.82) is 0 Å². The second-order valence-electron chi connectivity index (χ2n) is 3.48. The van der Waals surface area contributed by atoms with Gasteiger partial charge in [-0.05, 0) is 37.5 Å². The molecule has 0 saturated carbocycles. The summed E-state index contributed by atoms with van der Waals surface area (Å²) in [7, 11) is 0. The Morgan fingerprint density at radius 2 is 2.00 bits per heavy atom. The first-order valence-corrected chi connectivity index (χ1v) is 4.86. The van der Waals surface area contributed by atoms with Crippen molar-refractivity contribution in [2.24, 2.45) is 0 Å². The highest BCUT2D eigenvalue weighted by atomic mass is 16.3. The summed E-state index contributed by atoms with van der Waals surface area (Å²) < 4.78 is 0. The smallest absolute Gasteiger partial charge is 0.115 e. The average Bonchev–Trinajstić information content (AvgIpc) is 2.15. The largest absolute Gasteiger partial charge is 0.508 e. The van der Waals surface area contributed by atoms with Crippen molar-refractivity contribution < 1.29 is 5.11 Å². The molecule has 2 N–H and O–H groups in total. The van der Waals surface area contributed by atoms with E-state index in [1.165, 1.54) is 5.56 Å². The second-order valence-corrected chi connectivity index (χ2v) is 3.48. The minimum absolute atomic E-state index is 0.328. The molecule has 2 heteroatoms. The Bertz CT molecular complexity index is 290. The molecule has 0 aliphatic rings. The summed E-state index contributed by atoms with van der Waals surface area (Å²) in [6.45, 7) is 6.68. The lowest BCUT2D eigenvalue weighted by atomic mass is 10.1. The lowest BCUT2D eigenvalue weighted by Gasteiger charge is -2.04. The van der Waals surface area contributed by atoms with Crippen LogP contribution in [-0.4, -0.2) is 11.7 Å². The van der Waals surface area contributed by atoms with Crippen LogP contribution in [0.15, 0.2) is 36.5 Å². The van der Waals surface area contributed by atoms with Crippen molar-refractivity contribution in [1.82, 2.24) is 5.32 Å². The molecule has 0 amide bonds. The van der Waals surface area contributed by atoms with Crippen molar-refractivity contribution in [2.45, 2.75) is 19.8 Å². The van der Waals surface area contributed by atoms with E-state index in [1.807, 2.05) is 19.1 Å². The van der Waals surface area contributed by atoms with E-state index in [9.17, 15) is 0 Å². The number of nitrogens with one attached hydrogen (secondary N) is 1. The average molecular weight is 191 g/mol. The summed E-state index contributed by atoms with van der Waals surface area (Å²) in [5, 5.41) is 12.3. The number of aromatic hydroxyl groups is 1. The molecular formula is C12H17NO. The molecule has 0 radical (unpaired) electrons. The normalized spacial score (nSPS) is 9.79. The zero-order valence-corrected chi connectivity index (χ0v) is 8.59. The van der Waals surface area contributed by atoms with Gasteiger partial charge in [0.05, 0.1) is 0 Å². The first-order chi connectivity index (χ1) is 6.68. The number of hydrogen-bond donors (Lipinski definition) is 2. The molecule has 1 aromatic carbocycles. The van der Waals surface area contributed by atoms with Crippen molar-refractivity contribution in [2.75, 3.05) is 6.54 Å². The summed E-state index contributed by atoms with van der Waals surface area (Å²) in [5.74, 6) is 0.328. The highest BCUT2D eigenvalue weighted by molar-refractivity contribution is 5.25. The van der Waals surface area contributed by atoms with Gasteiger partial charge in [0.15, 0.2) is 0 Å². The van der Waals surface area contributed by atoms with Gasteiger partial charge in [-0.1, -0.05) is 18.7 Å². The van der Waals surface area contributed by atoms with E-state index in [0.29, 0.717) is 5.75 Å². The Labute approximate surface area is 85.3 Å². The molecule has 0 atom stereocenters. The fourth-order valence-corrected chi connectivity index (χ4v) is 1.26. The maximum absolute atomic E-state index is 9.08. The van der Waals surface area contributed by atoms with Gasteiger partial charge >= 0.3 is 0 Å². The molecule has 0 aromatic heterocycles. The number of aryl methyl sites for hydroxylation is 1. The SMILES string of the molecule is C=C(C)NCCCc1ccc(O)cc1. The molecule has 0 unspecified atom stereocenters. The minimum Gasteiger partial charge on any atom is -0.508 e. The third-order valence-corrected chi connectivity index (χ3v) is 2.01. The van der Waals surface area contributed by atoms with E-state index < -0.39 is 0 Å². The Morgan fingerprint density at radius 1 is 1.36 bits per heavy atom. The number of phenols is 1. The van der Waals surface area contributed by atoms with Gasteiger partial charge in [0.1, 0.15) is 5.75 Å². The van der Waals surface area contributed by atoms with E-state index in [4.69, 9.17) is 5.11 Å². The molecule has 0 aliphatic carbocycles. The van der Waals surface area contributed by atoms with E-state index in [0.717, 1.165) is 25.1 Å². The van der Waals surface area contributed by atoms with Gasteiger partial charge in [-0.2, -0.15) is 0 Å². The molecule has 1 rings (SSSR count). The van der Waals surface area contributed by atoms with E-state index >= 15 is 0 Å². The molecule has 0 saturated heterocycles. The van der Waals surface area contributed by atoms with Crippen molar-refractivity contribution in [3.8, 4) is 5.75 Å². The van der Waals surface area contributed by atoms with Crippen LogP contribution in [0.2, 0.25) is 0 Å². The Hall–Kier alpha value is -1.44. The molecular weight excluding hydrogens is 174 g/mol. The van der Waals surface area contributed by atoms with Gasteiger partial charge < -0.3 is 10.4 Å². The summed E-state index contributed by atoms with van der Waals surface area (Å²) in [5.41, 5.74) is 2.27. The van der Waals surface area contributed by atoms with Crippen LogP contribution in [0.5, 0.6) is 5.75 Å². The first-order valence-electron chi connectivity index (χ1n) is 4.86. The highest BCUT2D eigenvalue weighted by Crippen LogP contribution is 2.10. The zero-order chi connectivity index (χ0) is 10.4. The van der Waals surface area contributed by atoms with Gasteiger partial charge in [0.25, 0.3) is 0 Å². The van der Waals surface area contributed by atoms with Gasteiger partial charge in [-0.3, -0.25) is 0 Å². The van der Waals surface area contributed by atoms with Crippen LogP contribution in [0.4, 0.5) is 0 Å². The Morgan fingerprint density at radius 3 is 2.57 bits per heavy atom. The first kappa shape index (κ1) is 10.6. The molecule has 1 aromatic rings. The quantitative estimate of drug-likeness (QED) is 0.701. The predicted octanol–water partition coefficient (Wildman–Crippen LogP) is 2.45. The highest BCUT2D eigenvalue weighted by Gasteiger charge is 1.93. The van der Waals surface area contributed by atoms with Crippen molar-refractivity contribution in [3.05, 3.63) is 42.1 Å². The number of hydrogen-bond acceptors (Lipinski definition) is 2. The number of phenolic OH excluding ortho intramolecular Hbond substituents is 1. The van der Waals surface area contributed by atoms with Gasteiger partial charge in [0.2, 0.25) is 0 Å². The van der Waals surface area contributed by atoms with Crippen LogP contribution in [-0.2, 0) is 6.42 Å². The van der Waals surface area contributed by atoms with Gasteiger partial charge in [-0.25, -0.2) is 0 Å². The molecule has 0 fully saturated rings. The third-order valence-electron chi connectivity index (χ3n) is 2.01. The topological polar surface area (TPSA) is 32.3 Å². The molecule has 0 heterocycles. The van der Waals surface area contributed by atoms with Crippen LogP contribution >= 0.6 is 0 Å². The maximum atomic E-state index is 9.08. The van der Waals surface area contributed by atoms with Crippen molar-refractivity contribution in [3.63, 3.8) is 0 Å². The van der Waals surface area contributed by atoms with E-state index in [2.05, 4.69) is 11.9 Å².